The number of hydrogen-bond donors (Lipinski definition) is 6. The van der Waals surface area contributed by atoms with Gasteiger partial charge in [0, 0.05) is 5.92 Å². The second kappa shape index (κ2) is 7.61. The van der Waals surface area contributed by atoms with Crippen molar-refractivity contribution in [3.05, 3.63) is 23.5 Å². The minimum absolute atomic E-state index is 0.0448. The van der Waals surface area contributed by atoms with E-state index >= 15 is 0 Å². The third kappa shape index (κ3) is 3.25. The first kappa shape index (κ1) is 19.2. The van der Waals surface area contributed by atoms with Crippen LogP contribution in [-0.4, -0.2) is 86.8 Å². The van der Waals surface area contributed by atoms with Crippen molar-refractivity contribution in [1.29, 1.82) is 0 Å². The molecule has 0 amide bonds. The Morgan fingerprint density at radius 1 is 1.15 bits per heavy atom. The molecule has 1 aliphatic carbocycles. The van der Waals surface area contributed by atoms with Gasteiger partial charge in [0.1, 0.15) is 24.4 Å². The lowest BCUT2D eigenvalue weighted by molar-refractivity contribution is -0.339. The molecule has 1 saturated heterocycles. The van der Waals surface area contributed by atoms with Gasteiger partial charge in [-0.15, -0.1) is 0 Å². The van der Waals surface area contributed by atoms with Crippen LogP contribution in [0.2, 0.25) is 0 Å². The summed E-state index contributed by atoms with van der Waals surface area (Å²) in [5.41, 5.74) is 0.583. The van der Waals surface area contributed by atoms with Gasteiger partial charge in [-0.05, 0) is 12.0 Å². The van der Waals surface area contributed by atoms with Crippen LogP contribution in [0.3, 0.4) is 0 Å². The van der Waals surface area contributed by atoms with Gasteiger partial charge < -0.3 is 44.8 Å². The molecule has 0 spiro atoms. The number of hydrogen-bond acceptors (Lipinski definition) is 9. The molecule has 2 heterocycles. The van der Waals surface area contributed by atoms with E-state index in [4.69, 9.17) is 14.2 Å². The molecule has 0 bridgehead atoms. The highest BCUT2D eigenvalue weighted by molar-refractivity contribution is 5.87. The van der Waals surface area contributed by atoms with Gasteiger partial charge in [-0.25, -0.2) is 4.79 Å². The molecule has 3 rings (SSSR count). The summed E-state index contributed by atoms with van der Waals surface area (Å²) in [7, 11) is 0. The molecule has 2 aliphatic heterocycles. The highest BCUT2D eigenvalue weighted by Gasteiger charge is 2.49. The van der Waals surface area contributed by atoms with E-state index in [1.165, 1.54) is 0 Å². The van der Waals surface area contributed by atoms with Crippen molar-refractivity contribution < 1.29 is 49.6 Å². The molecule has 8 atom stereocenters. The highest BCUT2D eigenvalue weighted by atomic mass is 16.8. The third-order valence-electron chi connectivity index (χ3n) is 5.06. The Morgan fingerprint density at radius 3 is 2.50 bits per heavy atom. The minimum Gasteiger partial charge on any atom is -0.478 e. The maximum Gasteiger partial charge on any atom is 0.335 e. The second-order valence-electron chi connectivity index (χ2n) is 6.52. The number of carboxylic acids is 1. The first-order valence-electron chi connectivity index (χ1n) is 8.23. The Balaban J connectivity index is 1.80. The summed E-state index contributed by atoms with van der Waals surface area (Å²) in [5.74, 6) is -2.22. The molecule has 146 valence electrons. The fourth-order valence-electron chi connectivity index (χ4n) is 3.62. The number of rotatable bonds is 5. The van der Waals surface area contributed by atoms with Crippen molar-refractivity contribution in [1.82, 2.24) is 0 Å². The molecule has 10 nitrogen and oxygen atoms in total. The Kier molecular flexibility index (Phi) is 5.63. The summed E-state index contributed by atoms with van der Waals surface area (Å²) in [6, 6.07) is 0. The van der Waals surface area contributed by atoms with Crippen molar-refractivity contribution in [3.8, 4) is 0 Å². The van der Waals surface area contributed by atoms with Gasteiger partial charge in [0.25, 0.3) is 0 Å². The van der Waals surface area contributed by atoms with Gasteiger partial charge in [-0.1, -0.05) is 6.08 Å². The summed E-state index contributed by atoms with van der Waals surface area (Å²) in [6.45, 7) is -0.917. The molecule has 6 N–H and O–H groups in total. The molecule has 0 aromatic heterocycles. The largest absolute Gasteiger partial charge is 0.478 e. The van der Waals surface area contributed by atoms with Crippen LogP contribution in [0, 0.1) is 11.8 Å². The number of carboxylic acid groups (broad SMARTS) is 1. The maximum absolute atomic E-state index is 11.4. The zero-order valence-corrected chi connectivity index (χ0v) is 13.7. The van der Waals surface area contributed by atoms with Gasteiger partial charge in [-0.3, -0.25) is 0 Å². The number of fused-ring (bicyclic) bond motifs is 1. The van der Waals surface area contributed by atoms with Crippen LogP contribution in [0.1, 0.15) is 6.42 Å². The lowest BCUT2D eigenvalue weighted by atomic mass is 9.83. The van der Waals surface area contributed by atoms with Crippen LogP contribution < -0.4 is 0 Å². The average Bonchev–Trinajstić information content (AvgIpc) is 3.06. The van der Waals surface area contributed by atoms with Crippen LogP contribution in [0.25, 0.3) is 0 Å². The Morgan fingerprint density at radius 2 is 1.88 bits per heavy atom. The van der Waals surface area contributed by atoms with E-state index in [2.05, 4.69) is 0 Å². The summed E-state index contributed by atoms with van der Waals surface area (Å²) < 4.78 is 16.3. The third-order valence-corrected chi connectivity index (χ3v) is 5.06. The van der Waals surface area contributed by atoms with E-state index in [0.717, 1.165) is 6.26 Å². The quantitative estimate of drug-likeness (QED) is 0.288. The van der Waals surface area contributed by atoms with E-state index in [9.17, 15) is 35.4 Å². The van der Waals surface area contributed by atoms with Gasteiger partial charge >= 0.3 is 5.97 Å². The van der Waals surface area contributed by atoms with E-state index < -0.39 is 61.4 Å². The van der Waals surface area contributed by atoms with Gasteiger partial charge in [0.2, 0.25) is 6.29 Å². The van der Waals surface area contributed by atoms with E-state index in [-0.39, 0.29) is 12.2 Å². The van der Waals surface area contributed by atoms with Crippen molar-refractivity contribution in [2.75, 3.05) is 13.2 Å². The Labute approximate surface area is 148 Å². The number of aliphatic hydroxyl groups is 5. The lowest BCUT2D eigenvalue weighted by Gasteiger charge is -2.42. The maximum atomic E-state index is 11.4. The molecule has 0 aromatic carbocycles. The fraction of sp³-hybridized carbons (Fsp3) is 0.688. The van der Waals surface area contributed by atoms with Crippen LogP contribution >= 0.6 is 0 Å². The molecular weight excluding hydrogens is 352 g/mol. The van der Waals surface area contributed by atoms with Crippen molar-refractivity contribution in [3.63, 3.8) is 0 Å². The van der Waals surface area contributed by atoms with E-state index in [1.54, 1.807) is 6.08 Å². The zero-order chi connectivity index (χ0) is 19.0. The second-order valence-corrected chi connectivity index (χ2v) is 6.52. The smallest absolute Gasteiger partial charge is 0.335 e. The van der Waals surface area contributed by atoms with E-state index in [1.807, 2.05) is 0 Å². The molecule has 0 saturated carbocycles. The molecule has 26 heavy (non-hydrogen) atoms. The average molecular weight is 374 g/mol. The molecule has 0 aromatic rings. The first-order chi connectivity index (χ1) is 12.4. The highest BCUT2D eigenvalue weighted by Crippen LogP contribution is 2.44. The lowest BCUT2D eigenvalue weighted by Crippen LogP contribution is -2.60. The normalized spacial score (nSPS) is 42.5. The van der Waals surface area contributed by atoms with Crippen molar-refractivity contribution in [2.24, 2.45) is 11.8 Å². The monoisotopic (exact) mass is 374 g/mol. The van der Waals surface area contributed by atoms with Crippen LogP contribution in [0.5, 0.6) is 0 Å². The molecule has 3 aliphatic rings. The SMILES string of the molecule is O=C(O)C1=CO[C@H](O[C@@H]2O[C@H](CO)[C@@H](O)[C@H](O)[C@H]2O)[C@H]2C(CO)=CC[C@H]12. The molecular formula is C16H22O10. The van der Waals surface area contributed by atoms with Gasteiger partial charge in [-0.2, -0.15) is 0 Å². The Hall–Kier alpha value is -1.53. The Bertz CT molecular complexity index is 600. The molecule has 0 radical (unpaired) electrons. The van der Waals surface area contributed by atoms with Crippen LogP contribution in [0.4, 0.5) is 0 Å². The summed E-state index contributed by atoms with van der Waals surface area (Å²) in [4.78, 5) is 11.4. The molecule has 10 heteroatoms. The van der Waals surface area contributed by atoms with Gasteiger partial charge in [0.05, 0.1) is 31.0 Å². The minimum atomic E-state index is -1.61. The van der Waals surface area contributed by atoms with Crippen molar-refractivity contribution in [2.45, 2.75) is 43.4 Å². The number of aliphatic hydroxyl groups excluding tert-OH is 5. The number of carbonyl (C=O) groups is 1. The summed E-state index contributed by atoms with van der Waals surface area (Å²) in [6.07, 6.45) is -5.21. The number of aliphatic carboxylic acids is 1. The summed E-state index contributed by atoms with van der Waals surface area (Å²) >= 11 is 0. The fourth-order valence-corrected chi connectivity index (χ4v) is 3.62. The predicted octanol–water partition coefficient (Wildman–Crippen LogP) is -2.32. The topological polar surface area (TPSA) is 166 Å². The van der Waals surface area contributed by atoms with Crippen LogP contribution in [-0.2, 0) is 19.0 Å². The first-order valence-corrected chi connectivity index (χ1v) is 8.23. The van der Waals surface area contributed by atoms with Crippen molar-refractivity contribution >= 4 is 5.97 Å². The van der Waals surface area contributed by atoms with Gasteiger partial charge in [0.15, 0.2) is 6.29 Å². The van der Waals surface area contributed by atoms with E-state index in [0.29, 0.717) is 12.0 Å². The molecule has 0 unspecified atom stereocenters. The van der Waals surface area contributed by atoms with Crippen LogP contribution in [0.15, 0.2) is 23.5 Å². The molecule has 1 fully saturated rings. The predicted molar refractivity (Wildman–Crippen MR) is 82.2 cm³/mol. The number of allylic oxidation sites excluding steroid dienone is 1. The summed E-state index contributed by atoms with van der Waals surface area (Å²) in [5, 5.41) is 57.8. The number of ether oxygens (including phenoxy) is 3. The standard InChI is InChI=1S/C16H22O10/c17-3-6-1-2-7-8(14(22)23)5-24-15(10(6)7)26-16-13(21)12(20)11(19)9(4-18)25-16/h1,5,7,9-13,15-21H,2-4H2,(H,22,23)/t7-,9-,10+,11-,12+,13-,15-,16+/m1/s1. The zero-order valence-electron chi connectivity index (χ0n) is 13.7.